The van der Waals surface area contributed by atoms with Crippen molar-refractivity contribution in [3.05, 3.63) is 58.6 Å². The first-order valence-electron chi connectivity index (χ1n) is 7.64. The van der Waals surface area contributed by atoms with Crippen LogP contribution in [0.5, 0.6) is 5.75 Å². The summed E-state index contributed by atoms with van der Waals surface area (Å²) >= 11 is 9.90. The maximum atomic E-state index is 12.0. The average molecular weight is 380 g/mol. The molecule has 0 atom stereocenters. The lowest BCUT2D eigenvalue weighted by Gasteiger charge is -2.11. The molecule has 2 aromatic rings. The van der Waals surface area contributed by atoms with Crippen molar-refractivity contribution in [1.82, 2.24) is 0 Å². The normalized spacial score (nSPS) is 14.6. The van der Waals surface area contributed by atoms with Crippen LogP contribution in [0.15, 0.2) is 42.5 Å². The van der Waals surface area contributed by atoms with Gasteiger partial charge in [0, 0.05) is 22.2 Å². The third-order valence-electron chi connectivity index (χ3n) is 3.62. The van der Waals surface area contributed by atoms with Gasteiger partial charge in [-0.3, -0.25) is 4.79 Å². The van der Waals surface area contributed by atoms with Gasteiger partial charge in [-0.25, -0.2) is 0 Å². The SMILES string of the molecule is Cc1ccc(Cl)cc1NC(=O)COc1ccc(C2SCCS2)cc1. The molecule has 3 rings (SSSR count). The molecular formula is C18H18ClNO2S2. The van der Waals surface area contributed by atoms with Crippen molar-refractivity contribution < 1.29 is 9.53 Å². The molecule has 0 aliphatic carbocycles. The molecule has 6 heteroatoms. The molecule has 0 spiro atoms. The number of benzene rings is 2. The van der Waals surface area contributed by atoms with E-state index in [1.54, 1.807) is 12.1 Å². The van der Waals surface area contributed by atoms with Crippen LogP contribution in [0.4, 0.5) is 5.69 Å². The Labute approximate surface area is 155 Å². The van der Waals surface area contributed by atoms with Gasteiger partial charge in [-0.1, -0.05) is 29.8 Å². The van der Waals surface area contributed by atoms with Gasteiger partial charge in [0.15, 0.2) is 6.61 Å². The van der Waals surface area contributed by atoms with Crippen molar-refractivity contribution in [1.29, 1.82) is 0 Å². The second-order valence-electron chi connectivity index (χ2n) is 5.44. The lowest BCUT2D eigenvalue weighted by Crippen LogP contribution is -2.20. The van der Waals surface area contributed by atoms with Gasteiger partial charge in [-0.2, -0.15) is 0 Å². The molecule has 0 bridgehead atoms. The van der Waals surface area contributed by atoms with E-state index in [9.17, 15) is 4.79 Å². The van der Waals surface area contributed by atoms with E-state index >= 15 is 0 Å². The number of carbonyl (C=O) groups excluding carboxylic acids is 1. The number of carbonyl (C=O) groups is 1. The Hall–Kier alpha value is -1.30. The first-order valence-corrected chi connectivity index (χ1v) is 10.1. The maximum Gasteiger partial charge on any atom is 0.262 e. The molecule has 1 amide bonds. The molecule has 1 aliphatic heterocycles. The van der Waals surface area contributed by atoms with E-state index in [0.29, 0.717) is 21.0 Å². The summed E-state index contributed by atoms with van der Waals surface area (Å²) in [4.78, 5) is 12.0. The third kappa shape index (κ3) is 4.62. The minimum absolute atomic E-state index is 0.0295. The first kappa shape index (κ1) is 17.5. The molecule has 1 saturated heterocycles. The smallest absolute Gasteiger partial charge is 0.262 e. The van der Waals surface area contributed by atoms with Gasteiger partial charge in [-0.15, -0.1) is 23.5 Å². The number of hydrogen-bond donors (Lipinski definition) is 1. The second kappa shape index (κ2) is 8.19. The molecule has 2 aromatic carbocycles. The summed E-state index contributed by atoms with van der Waals surface area (Å²) in [7, 11) is 0. The Morgan fingerprint density at radius 2 is 1.92 bits per heavy atom. The number of amides is 1. The highest BCUT2D eigenvalue weighted by Gasteiger charge is 2.18. The first-order chi connectivity index (χ1) is 11.6. The van der Waals surface area contributed by atoms with E-state index in [2.05, 4.69) is 17.4 Å². The largest absolute Gasteiger partial charge is 0.484 e. The molecule has 1 N–H and O–H groups in total. The number of aryl methyl sites for hydroxylation is 1. The molecule has 0 aromatic heterocycles. The summed E-state index contributed by atoms with van der Waals surface area (Å²) in [5, 5.41) is 3.42. The molecule has 0 radical (unpaired) electrons. The highest BCUT2D eigenvalue weighted by atomic mass is 35.5. The monoisotopic (exact) mass is 379 g/mol. The van der Waals surface area contributed by atoms with Crippen LogP contribution in [0.25, 0.3) is 0 Å². The summed E-state index contributed by atoms with van der Waals surface area (Å²) < 4.78 is 6.09. The van der Waals surface area contributed by atoms with Crippen molar-refractivity contribution in [2.75, 3.05) is 23.4 Å². The van der Waals surface area contributed by atoms with Crippen LogP contribution in [-0.2, 0) is 4.79 Å². The Morgan fingerprint density at radius 1 is 1.21 bits per heavy atom. The van der Waals surface area contributed by atoms with Gasteiger partial charge in [0.25, 0.3) is 5.91 Å². The topological polar surface area (TPSA) is 38.3 Å². The van der Waals surface area contributed by atoms with Gasteiger partial charge in [0.1, 0.15) is 5.75 Å². The fraction of sp³-hybridized carbons (Fsp3) is 0.278. The summed E-state index contributed by atoms with van der Waals surface area (Å²) in [6.45, 7) is 1.89. The molecule has 1 fully saturated rings. The van der Waals surface area contributed by atoms with Gasteiger partial charge in [-0.05, 0) is 42.3 Å². The number of ether oxygens (including phenoxy) is 1. The number of hydrogen-bond acceptors (Lipinski definition) is 4. The van der Waals surface area contributed by atoms with Crippen molar-refractivity contribution in [3.8, 4) is 5.75 Å². The lowest BCUT2D eigenvalue weighted by atomic mass is 10.2. The summed E-state index contributed by atoms with van der Waals surface area (Å²) in [6, 6.07) is 13.4. The number of rotatable bonds is 5. The zero-order valence-electron chi connectivity index (χ0n) is 13.3. The van der Waals surface area contributed by atoms with Gasteiger partial charge < -0.3 is 10.1 Å². The van der Waals surface area contributed by atoms with Crippen LogP contribution in [0, 0.1) is 6.92 Å². The van der Waals surface area contributed by atoms with Gasteiger partial charge in [0.2, 0.25) is 0 Å². The summed E-state index contributed by atoms with van der Waals surface area (Å²) in [5.74, 6) is 2.91. The minimum Gasteiger partial charge on any atom is -0.484 e. The predicted molar refractivity (Wildman–Crippen MR) is 104 cm³/mol. The standard InChI is InChI=1S/C18H18ClNO2S2/c1-12-2-5-14(19)10-16(12)20-17(21)11-22-15-6-3-13(4-7-15)18-23-8-9-24-18/h2-7,10,18H,8-9,11H2,1H3,(H,20,21). The van der Waals surface area contributed by atoms with Crippen LogP contribution in [0.2, 0.25) is 5.02 Å². The zero-order chi connectivity index (χ0) is 16.9. The lowest BCUT2D eigenvalue weighted by molar-refractivity contribution is -0.118. The Morgan fingerprint density at radius 3 is 2.62 bits per heavy atom. The zero-order valence-corrected chi connectivity index (χ0v) is 15.6. The number of thioether (sulfide) groups is 2. The van der Waals surface area contributed by atoms with E-state index < -0.39 is 0 Å². The van der Waals surface area contributed by atoms with E-state index in [4.69, 9.17) is 16.3 Å². The minimum atomic E-state index is -0.202. The number of halogens is 1. The van der Waals surface area contributed by atoms with Crippen molar-refractivity contribution in [2.24, 2.45) is 0 Å². The highest BCUT2D eigenvalue weighted by Crippen LogP contribution is 2.45. The van der Waals surface area contributed by atoms with Crippen LogP contribution in [-0.4, -0.2) is 24.0 Å². The van der Waals surface area contributed by atoms with Crippen molar-refractivity contribution in [3.63, 3.8) is 0 Å². The second-order valence-corrected chi connectivity index (χ2v) is 8.60. The van der Waals surface area contributed by atoms with Gasteiger partial charge in [0.05, 0.1) is 4.58 Å². The summed E-state index contributed by atoms with van der Waals surface area (Å²) in [5.41, 5.74) is 2.97. The number of nitrogens with one attached hydrogen (secondary N) is 1. The highest BCUT2D eigenvalue weighted by molar-refractivity contribution is 8.19. The predicted octanol–water partition coefficient (Wildman–Crippen LogP) is 5.14. The van der Waals surface area contributed by atoms with Crippen LogP contribution in [0.1, 0.15) is 15.7 Å². The molecule has 126 valence electrons. The van der Waals surface area contributed by atoms with Gasteiger partial charge >= 0.3 is 0 Å². The fourth-order valence-electron chi connectivity index (χ4n) is 2.34. The van der Waals surface area contributed by atoms with E-state index in [0.717, 1.165) is 5.56 Å². The molecule has 24 heavy (non-hydrogen) atoms. The summed E-state index contributed by atoms with van der Waals surface area (Å²) in [6.07, 6.45) is 0. The molecule has 3 nitrogen and oxygen atoms in total. The average Bonchev–Trinajstić information content (AvgIpc) is 3.11. The molecule has 0 unspecified atom stereocenters. The molecule has 1 aliphatic rings. The Bertz CT molecular complexity index is 715. The van der Waals surface area contributed by atoms with Crippen LogP contribution >= 0.6 is 35.1 Å². The molecular weight excluding hydrogens is 362 g/mol. The van der Waals surface area contributed by atoms with E-state index in [1.807, 2.05) is 48.6 Å². The fourth-order valence-corrected chi connectivity index (χ4v) is 5.37. The van der Waals surface area contributed by atoms with E-state index in [1.165, 1.54) is 17.1 Å². The third-order valence-corrected chi connectivity index (χ3v) is 6.96. The molecule has 0 saturated carbocycles. The van der Waals surface area contributed by atoms with Crippen molar-refractivity contribution >= 4 is 46.7 Å². The van der Waals surface area contributed by atoms with E-state index in [-0.39, 0.29) is 12.5 Å². The van der Waals surface area contributed by atoms with Crippen molar-refractivity contribution in [2.45, 2.75) is 11.5 Å². The maximum absolute atomic E-state index is 12.0. The van der Waals surface area contributed by atoms with Crippen LogP contribution in [0.3, 0.4) is 0 Å². The Balaban J connectivity index is 1.53. The van der Waals surface area contributed by atoms with Crippen LogP contribution < -0.4 is 10.1 Å². The number of anilines is 1. The molecule has 1 heterocycles. The Kier molecular flexibility index (Phi) is 5.98. The quantitative estimate of drug-likeness (QED) is 0.780.